The quantitative estimate of drug-likeness (QED) is 0.508. The summed E-state index contributed by atoms with van der Waals surface area (Å²) in [6, 6.07) is 3.52. The van der Waals surface area contributed by atoms with Crippen LogP contribution in [0.1, 0.15) is 56.1 Å². The SMILES string of the molecule is COCCCOc1cc2c(nc1OC)-c1cc(=O)c(C(C)=O)cn1[C@H](C(C)(C)C)C2. The molecule has 162 valence electrons. The normalized spacial score (nSPS) is 15.3. The molecule has 0 radical (unpaired) electrons. The van der Waals surface area contributed by atoms with Gasteiger partial charge >= 0.3 is 0 Å². The number of pyridine rings is 2. The number of methoxy groups -OCH3 is 2. The highest BCUT2D eigenvalue weighted by atomic mass is 16.5. The van der Waals surface area contributed by atoms with Gasteiger partial charge in [0.1, 0.15) is 0 Å². The summed E-state index contributed by atoms with van der Waals surface area (Å²) in [7, 11) is 3.20. The summed E-state index contributed by atoms with van der Waals surface area (Å²) in [4.78, 5) is 29.2. The van der Waals surface area contributed by atoms with Crippen LogP contribution < -0.4 is 14.9 Å². The summed E-state index contributed by atoms with van der Waals surface area (Å²) in [6.45, 7) is 8.97. The van der Waals surface area contributed by atoms with Crippen LogP contribution in [0, 0.1) is 5.41 Å². The van der Waals surface area contributed by atoms with Crippen molar-refractivity contribution in [3.05, 3.63) is 39.7 Å². The molecule has 0 spiro atoms. The predicted molar refractivity (Wildman–Crippen MR) is 115 cm³/mol. The van der Waals surface area contributed by atoms with Crippen LogP contribution >= 0.6 is 0 Å². The van der Waals surface area contributed by atoms with Crippen molar-refractivity contribution in [3.8, 4) is 23.0 Å². The number of aromatic nitrogens is 2. The van der Waals surface area contributed by atoms with E-state index >= 15 is 0 Å². The van der Waals surface area contributed by atoms with Crippen molar-refractivity contribution in [2.24, 2.45) is 5.41 Å². The van der Waals surface area contributed by atoms with Gasteiger partial charge in [0.05, 0.1) is 30.7 Å². The standard InChI is InChI=1S/C23H30N2O5/c1-14(26)16-13-25-17(12-18(16)27)21-15(11-20(25)23(2,3)4)10-19(22(24-21)29-6)30-9-7-8-28-5/h10,12-13,20H,7-9,11H2,1-6H3/t20-/m0/s1. The minimum Gasteiger partial charge on any atom is -0.488 e. The summed E-state index contributed by atoms with van der Waals surface area (Å²) in [5.74, 6) is 0.713. The van der Waals surface area contributed by atoms with Gasteiger partial charge < -0.3 is 18.8 Å². The second-order valence-electron chi connectivity index (χ2n) is 8.68. The number of ketones is 1. The molecule has 1 aliphatic rings. The lowest BCUT2D eigenvalue weighted by Crippen LogP contribution is -2.33. The number of hydrogen-bond donors (Lipinski definition) is 0. The van der Waals surface area contributed by atoms with Gasteiger partial charge in [0.2, 0.25) is 0 Å². The fourth-order valence-corrected chi connectivity index (χ4v) is 3.82. The Morgan fingerprint density at radius 2 is 1.97 bits per heavy atom. The van der Waals surface area contributed by atoms with E-state index in [0.29, 0.717) is 42.7 Å². The third-order valence-corrected chi connectivity index (χ3v) is 5.43. The average Bonchev–Trinajstić information content (AvgIpc) is 2.68. The van der Waals surface area contributed by atoms with Gasteiger partial charge in [-0.15, -0.1) is 0 Å². The molecule has 2 aromatic heterocycles. The van der Waals surface area contributed by atoms with Crippen LogP contribution in [0.3, 0.4) is 0 Å². The van der Waals surface area contributed by atoms with Gasteiger partial charge in [0, 0.05) is 38.4 Å². The number of carbonyl (C=O) groups excluding carboxylic acids is 1. The maximum absolute atomic E-state index is 12.6. The zero-order valence-electron chi connectivity index (χ0n) is 18.6. The Morgan fingerprint density at radius 1 is 1.23 bits per heavy atom. The summed E-state index contributed by atoms with van der Waals surface area (Å²) >= 11 is 0. The average molecular weight is 415 g/mol. The molecular weight excluding hydrogens is 384 g/mol. The third kappa shape index (κ3) is 4.26. The maximum Gasteiger partial charge on any atom is 0.257 e. The Balaban J connectivity index is 2.14. The molecular formula is C23H30N2O5. The van der Waals surface area contributed by atoms with Crippen molar-refractivity contribution < 1.29 is 19.0 Å². The first-order valence-corrected chi connectivity index (χ1v) is 10.1. The predicted octanol–water partition coefficient (Wildman–Crippen LogP) is 3.68. The molecule has 1 atom stereocenters. The van der Waals surface area contributed by atoms with Crippen molar-refractivity contribution >= 4 is 5.78 Å². The number of nitrogens with zero attached hydrogens (tertiary/aromatic N) is 2. The first-order chi connectivity index (χ1) is 14.2. The van der Waals surface area contributed by atoms with Crippen molar-refractivity contribution in [3.63, 3.8) is 0 Å². The number of hydrogen-bond acceptors (Lipinski definition) is 6. The lowest BCUT2D eigenvalue weighted by Gasteiger charge is -2.38. The highest BCUT2D eigenvalue weighted by Crippen LogP contribution is 2.44. The van der Waals surface area contributed by atoms with Gasteiger partial charge in [-0.05, 0) is 30.4 Å². The summed E-state index contributed by atoms with van der Waals surface area (Å²) in [5, 5.41) is 0. The van der Waals surface area contributed by atoms with Crippen LogP contribution in [-0.2, 0) is 11.2 Å². The molecule has 0 bridgehead atoms. The summed E-state index contributed by atoms with van der Waals surface area (Å²) in [6.07, 6.45) is 3.15. The monoisotopic (exact) mass is 414 g/mol. The molecule has 7 heteroatoms. The van der Waals surface area contributed by atoms with Crippen molar-refractivity contribution in [1.29, 1.82) is 0 Å². The number of rotatable bonds is 7. The third-order valence-electron chi connectivity index (χ3n) is 5.43. The van der Waals surface area contributed by atoms with Gasteiger partial charge in [0.25, 0.3) is 5.88 Å². The lowest BCUT2D eigenvalue weighted by atomic mass is 9.80. The molecule has 0 aromatic carbocycles. The lowest BCUT2D eigenvalue weighted by molar-refractivity contribution is 0.101. The molecule has 3 rings (SSSR count). The van der Waals surface area contributed by atoms with E-state index in [1.807, 2.05) is 10.6 Å². The van der Waals surface area contributed by atoms with Gasteiger partial charge in [-0.3, -0.25) is 9.59 Å². The molecule has 1 aliphatic heterocycles. The highest BCUT2D eigenvalue weighted by Gasteiger charge is 2.34. The van der Waals surface area contributed by atoms with Crippen LogP contribution in [-0.4, -0.2) is 42.8 Å². The molecule has 0 amide bonds. The zero-order valence-corrected chi connectivity index (χ0v) is 18.6. The van der Waals surface area contributed by atoms with E-state index in [2.05, 4.69) is 25.8 Å². The first kappa shape index (κ1) is 22.0. The van der Waals surface area contributed by atoms with Crippen LogP contribution in [0.25, 0.3) is 11.4 Å². The maximum atomic E-state index is 12.6. The van der Waals surface area contributed by atoms with Crippen LogP contribution in [0.2, 0.25) is 0 Å². The second-order valence-corrected chi connectivity index (χ2v) is 8.68. The van der Waals surface area contributed by atoms with Crippen LogP contribution in [0.4, 0.5) is 0 Å². The Morgan fingerprint density at radius 3 is 2.57 bits per heavy atom. The Hall–Kier alpha value is -2.67. The molecule has 7 nitrogen and oxygen atoms in total. The molecule has 0 saturated carbocycles. The molecule has 0 N–H and O–H groups in total. The molecule has 3 heterocycles. The Kier molecular flexibility index (Phi) is 6.31. The minimum atomic E-state index is -0.296. The largest absolute Gasteiger partial charge is 0.488 e. The molecule has 0 aliphatic carbocycles. The van der Waals surface area contributed by atoms with E-state index in [9.17, 15) is 9.59 Å². The molecule has 0 saturated heterocycles. The fraction of sp³-hybridized carbons (Fsp3) is 0.522. The van der Waals surface area contributed by atoms with Gasteiger partial charge in [-0.2, -0.15) is 0 Å². The van der Waals surface area contributed by atoms with E-state index in [1.165, 1.54) is 13.0 Å². The zero-order chi connectivity index (χ0) is 22.1. The fourth-order valence-electron chi connectivity index (χ4n) is 3.82. The summed E-state index contributed by atoms with van der Waals surface area (Å²) in [5.41, 5.74) is 2.16. The van der Waals surface area contributed by atoms with E-state index in [-0.39, 0.29) is 28.2 Å². The molecule has 2 aromatic rings. The molecule has 30 heavy (non-hydrogen) atoms. The van der Waals surface area contributed by atoms with Crippen molar-refractivity contribution in [1.82, 2.24) is 9.55 Å². The Bertz CT molecular complexity index is 1000. The first-order valence-electron chi connectivity index (χ1n) is 10.1. The second kappa shape index (κ2) is 8.60. The van der Waals surface area contributed by atoms with Gasteiger partial charge in [-0.25, -0.2) is 4.98 Å². The molecule has 0 unspecified atom stereocenters. The van der Waals surface area contributed by atoms with Gasteiger partial charge in [0.15, 0.2) is 17.0 Å². The van der Waals surface area contributed by atoms with Gasteiger partial charge in [-0.1, -0.05) is 20.8 Å². The van der Waals surface area contributed by atoms with Crippen molar-refractivity contribution in [2.75, 3.05) is 27.4 Å². The number of ether oxygens (including phenoxy) is 3. The topological polar surface area (TPSA) is 79.7 Å². The van der Waals surface area contributed by atoms with E-state index in [4.69, 9.17) is 14.2 Å². The van der Waals surface area contributed by atoms with Crippen LogP contribution in [0.5, 0.6) is 11.6 Å². The highest BCUT2D eigenvalue weighted by molar-refractivity contribution is 5.94. The smallest absolute Gasteiger partial charge is 0.257 e. The number of carbonyl (C=O) groups is 1. The van der Waals surface area contributed by atoms with E-state index < -0.39 is 0 Å². The number of Topliss-reactive ketones (excluding diaryl/α,β-unsaturated/α-hetero) is 1. The molecule has 0 fully saturated rings. The Labute approximate surface area is 177 Å². The summed E-state index contributed by atoms with van der Waals surface area (Å²) < 4.78 is 18.5. The minimum absolute atomic E-state index is 0.0511. The van der Waals surface area contributed by atoms with Crippen LogP contribution in [0.15, 0.2) is 23.1 Å². The van der Waals surface area contributed by atoms with E-state index in [1.54, 1.807) is 20.4 Å². The van der Waals surface area contributed by atoms with E-state index in [0.717, 1.165) is 12.0 Å². The van der Waals surface area contributed by atoms with Crippen molar-refractivity contribution in [2.45, 2.75) is 46.6 Å². The number of fused-ring (bicyclic) bond motifs is 3.